The molecule has 6 nitrogen and oxygen atoms in total. The van der Waals surface area contributed by atoms with Crippen LogP contribution in [0.3, 0.4) is 0 Å². The van der Waals surface area contributed by atoms with Crippen LogP contribution in [-0.2, 0) is 6.54 Å². The monoisotopic (exact) mass is 327 g/mol. The number of benzene rings is 1. The summed E-state index contributed by atoms with van der Waals surface area (Å²) in [6.45, 7) is 2.74. The lowest BCUT2D eigenvalue weighted by atomic mass is 10.1. The summed E-state index contributed by atoms with van der Waals surface area (Å²) in [6, 6.07) is 4.61. The van der Waals surface area contributed by atoms with E-state index in [1.54, 1.807) is 22.9 Å². The third kappa shape index (κ3) is 3.10. The highest BCUT2D eigenvalue weighted by Crippen LogP contribution is 2.24. The molecule has 0 spiro atoms. The number of aryl methyl sites for hydroxylation is 1. The molecule has 2 aromatic heterocycles. The number of nitrogen functional groups attached to an aromatic ring is 1. The van der Waals surface area contributed by atoms with Gasteiger partial charge in [0.2, 0.25) is 5.95 Å². The molecule has 2 N–H and O–H groups in total. The van der Waals surface area contributed by atoms with Gasteiger partial charge in [-0.25, -0.2) is 14.4 Å². The lowest BCUT2D eigenvalue weighted by Crippen LogP contribution is -2.19. The Morgan fingerprint density at radius 2 is 2.08 bits per heavy atom. The molecule has 1 aromatic carbocycles. The minimum atomic E-state index is -0.559. The van der Waals surface area contributed by atoms with E-state index in [0.29, 0.717) is 17.3 Å². The van der Waals surface area contributed by atoms with Gasteiger partial charge in [0.15, 0.2) is 5.82 Å². The molecule has 0 aliphatic heterocycles. The summed E-state index contributed by atoms with van der Waals surface area (Å²) in [7, 11) is 0. The van der Waals surface area contributed by atoms with Crippen LogP contribution in [0.4, 0.5) is 10.3 Å². The molecule has 0 fully saturated rings. The molecule has 7 heteroatoms. The fourth-order valence-corrected chi connectivity index (χ4v) is 2.62. The van der Waals surface area contributed by atoms with Gasteiger partial charge in [-0.15, -0.1) is 0 Å². The van der Waals surface area contributed by atoms with Crippen molar-refractivity contribution >= 4 is 16.7 Å². The Morgan fingerprint density at radius 1 is 1.25 bits per heavy atom. The Morgan fingerprint density at radius 3 is 2.83 bits per heavy atom. The molecule has 0 atom stereocenters. The predicted molar refractivity (Wildman–Crippen MR) is 90.9 cm³/mol. The number of halogens is 1. The Bertz CT molecular complexity index is 938. The largest absolute Gasteiger partial charge is 0.368 e. The number of hydrogen-bond acceptors (Lipinski definition) is 5. The van der Waals surface area contributed by atoms with Crippen LogP contribution in [0.2, 0.25) is 0 Å². The summed E-state index contributed by atoms with van der Waals surface area (Å²) in [5.41, 5.74) is 5.53. The minimum absolute atomic E-state index is 0.0193. The normalized spacial score (nSPS) is 11.1. The van der Waals surface area contributed by atoms with Gasteiger partial charge in [-0.3, -0.25) is 4.79 Å². The van der Waals surface area contributed by atoms with E-state index in [0.717, 1.165) is 19.3 Å². The van der Waals surface area contributed by atoms with E-state index >= 15 is 0 Å². The molecule has 0 unspecified atom stereocenters. The Labute approximate surface area is 138 Å². The van der Waals surface area contributed by atoms with Gasteiger partial charge >= 0.3 is 0 Å². The van der Waals surface area contributed by atoms with Crippen molar-refractivity contribution in [1.29, 1.82) is 0 Å². The van der Waals surface area contributed by atoms with Gasteiger partial charge in [0.25, 0.3) is 5.56 Å². The van der Waals surface area contributed by atoms with Gasteiger partial charge in [-0.1, -0.05) is 19.8 Å². The van der Waals surface area contributed by atoms with Crippen LogP contribution in [0.5, 0.6) is 0 Å². The number of nitrogens with two attached hydrogens (primary N) is 1. The van der Waals surface area contributed by atoms with Gasteiger partial charge in [0.05, 0.1) is 10.9 Å². The van der Waals surface area contributed by atoms with E-state index < -0.39 is 5.82 Å². The summed E-state index contributed by atoms with van der Waals surface area (Å²) < 4.78 is 16.1. The molecular weight excluding hydrogens is 309 g/mol. The maximum Gasteiger partial charge on any atom is 0.258 e. The summed E-state index contributed by atoms with van der Waals surface area (Å²) in [5.74, 6) is -0.392. The fourth-order valence-electron chi connectivity index (χ4n) is 2.62. The third-order valence-electron chi connectivity index (χ3n) is 3.90. The molecule has 0 saturated heterocycles. The lowest BCUT2D eigenvalue weighted by molar-refractivity contribution is 0.590. The highest BCUT2D eigenvalue weighted by Gasteiger charge is 2.13. The number of hydrogen-bond donors (Lipinski definition) is 1. The first-order valence-corrected chi connectivity index (χ1v) is 7.87. The zero-order chi connectivity index (χ0) is 17.1. The van der Waals surface area contributed by atoms with Crippen molar-refractivity contribution in [3.05, 3.63) is 46.9 Å². The molecule has 0 aliphatic carbocycles. The average molecular weight is 327 g/mol. The Balaban J connectivity index is 2.06. The van der Waals surface area contributed by atoms with Crippen LogP contribution in [0.15, 0.2) is 35.5 Å². The average Bonchev–Trinajstić information content (AvgIpc) is 2.57. The molecule has 0 radical (unpaired) electrons. The first-order valence-electron chi connectivity index (χ1n) is 7.87. The van der Waals surface area contributed by atoms with Gasteiger partial charge in [0.1, 0.15) is 12.1 Å². The number of fused-ring (bicyclic) bond motifs is 1. The van der Waals surface area contributed by atoms with Crippen LogP contribution in [0.25, 0.3) is 22.2 Å². The van der Waals surface area contributed by atoms with E-state index in [4.69, 9.17) is 5.73 Å². The minimum Gasteiger partial charge on any atom is -0.368 e. The second-order valence-electron chi connectivity index (χ2n) is 5.61. The maximum atomic E-state index is 14.5. The Kier molecular flexibility index (Phi) is 4.50. The fraction of sp³-hybridized carbons (Fsp3) is 0.294. The van der Waals surface area contributed by atoms with Crippen molar-refractivity contribution in [2.24, 2.45) is 0 Å². The van der Waals surface area contributed by atoms with Crippen LogP contribution < -0.4 is 11.3 Å². The lowest BCUT2D eigenvalue weighted by Gasteiger charge is -2.09. The van der Waals surface area contributed by atoms with Crippen molar-refractivity contribution in [1.82, 2.24) is 19.5 Å². The van der Waals surface area contributed by atoms with Gasteiger partial charge in [-0.05, 0) is 30.0 Å². The number of nitrogens with zero attached hydrogens (tertiary/aromatic N) is 4. The number of pyridine rings is 1. The Hall–Kier alpha value is -2.83. The van der Waals surface area contributed by atoms with Crippen LogP contribution in [0.1, 0.15) is 26.2 Å². The standard InChI is InChI=1S/C17H18FN5O/c1-2-3-4-6-23-7-5-11-8-13(14(18)9-12(11)16(23)24)15-20-10-21-17(19)22-15/h5,7-10H,2-4,6H2,1H3,(H2,19,20,21,22). The van der Waals surface area contributed by atoms with Crippen molar-refractivity contribution in [3.63, 3.8) is 0 Å². The molecule has 2 heterocycles. The van der Waals surface area contributed by atoms with Crippen LogP contribution >= 0.6 is 0 Å². The number of aromatic nitrogens is 4. The summed E-state index contributed by atoms with van der Waals surface area (Å²) >= 11 is 0. The third-order valence-corrected chi connectivity index (χ3v) is 3.90. The summed E-state index contributed by atoms with van der Waals surface area (Å²) in [6.07, 6.45) is 6.03. The first kappa shape index (κ1) is 16.0. The molecule has 24 heavy (non-hydrogen) atoms. The predicted octanol–water partition coefficient (Wildman–Crippen LogP) is 2.76. The highest BCUT2D eigenvalue weighted by molar-refractivity contribution is 5.86. The molecule has 124 valence electrons. The number of rotatable bonds is 5. The van der Waals surface area contributed by atoms with Crippen LogP contribution in [0, 0.1) is 5.82 Å². The van der Waals surface area contributed by atoms with E-state index in [9.17, 15) is 9.18 Å². The SMILES string of the molecule is CCCCCn1ccc2cc(-c3ncnc(N)n3)c(F)cc2c1=O. The second-order valence-corrected chi connectivity index (χ2v) is 5.61. The second kappa shape index (κ2) is 6.74. The molecule has 0 bridgehead atoms. The molecule has 0 amide bonds. The van der Waals surface area contributed by atoms with Crippen molar-refractivity contribution in [3.8, 4) is 11.4 Å². The van der Waals surface area contributed by atoms with E-state index in [-0.39, 0.29) is 22.9 Å². The maximum absolute atomic E-state index is 14.5. The van der Waals surface area contributed by atoms with Gasteiger partial charge < -0.3 is 10.3 Å². The molecular formula is C17H18FN5O. The smallest absolute Gasteiger partial charge is 0.258 e. The zero-order valence-electron chi connectivity index (χ0n) is 13.4. The first-order chi connectivity index (χ1) is 11.6. The van der Waals surface area contributed by atoms with Crippen molar-refractivity contribution in [2.45, 2.75) is 32.7 Å². The van der Waals surface area contributed by atoms with E-state index in [2.05, 4.69) is 21.9 Å². The highest BCUT2D eigenvalue weighted by atomic mass is 19.1. The van der Waals surface area contributed by atoms with Crippen molar-refractivity contribution in [2.75, 3.05) is 5.73 Å². The zero-order valence-corrected chi connectivity index (χ0v) is 13.4. The van der Waals surface area contributed by atoms with Gasteiger partial charge in [-0.2, -0.15) is 4.98 Å². The molecule has 0 saturated carbocycles. The number of anilines is 1. The van der Waals surface area contributed by atoms with Gasteiger partial charge in [0, 0.05) is 12.7 Å². The summed E-state index contributed by atoms with van der Waals surface area (Å²) in [4.78, 5) is 24.1. The van der Waals surface area contributed by atoms with E-state index in [1.165, 1.54) is 12.4 Å². The topological polar surface area (TPSA) is 86.7 Å². The summed E-state index contributed by atoms with van der Waals surface area (Å²) in [5, 5.41) is 0.986. The molecule has 0 aliphatic rings. The van der Waals surface area contributed by atoms with Crippen LogP contribution in [-0.4, -0.2) is 19.5 Å². The van der Waals surface area contributed by atoms with Crippen molar-refractivity contribution < 1.29 is 4.39 Å². The number of unbranched alkanes of at least 4 members (excludes halogenated alkanes) is 2. The quantitative estimate of drug-likeness (QED) is 0.728. The van der Waals surface area contributed by atoms with E-state index in [1.807, 2.05) is 0 Å². The molecule has 3 rings (SSSR count). The molecule has 3 aromatic rings.